The lowest BCUT2D eigenvalue weighted by molar-refractivity contribution is -0.121. The molecular weight excluding hydrogens is 294 g/mol. The Morgan fingerprint density at radius 2 is 2.35 bits per heavy atom. The lowest BCUT2D eigenvalue weighted by Gasteiger charge is -2.07. The molecule has 2 rings (SSSR count). The van der Waals surface area contributed by atoms with Crippen molar-refractivity contribution in [2.45, 2.75) is 32.7 Å². The standard InChI is InChI=1S/C13H17N3O2S2/c1-2-3-6-14-10(17)4-7-16-12(18)11-9(5-8-20-11)15-13(16)19/h5,8H,2-4,6-7H2,1H3,(H,14,17)(H,15,19). The van der Waals surface area contributed by atoms with Gasteiger partial charge in [0.2, 0.25) is 5.91 Å². The fourth-order valence-corrected chi connectivity index (χ4v) is 2.96. The molecule has 2 aromatic heterocycles. The Balaban J connectivity index is 2.08. The van der Waals surface area contributed by atoms with Crippen LogP contribution in [0.15, 0.2) is 16.2 Å². The maximum absolute atomic E-state index is 12.2. The summed E-state index contributed by atoms with van der Waals surface area (Å²) in [6, 6.07) is 1.83. The van der Waals surface area contributed by atoms with Crippen LogP contribution in [-0.2, 0) is 11.3 Å². The van der Waals surface area contributed by atoms with E-state index in [-0.39, 0.29) is 17.9 Å². The van der Waals surface area contributed by atoms with E-state index in [0.717, 1.165) is 18.4 Å². The van der Waals surface area contributed by atoms with Gasteiger partial charge in [0.05, 0.1) is 5.52 Å². The van der Waals surface area contributed by atoms with Gasteiger partial charge in [0, 0.05) is 19.5 Å². The van der Waals surface area contributed by atoms with Gasteiger partial charge in [-0.1, -0.05) is 13.3 Å². The van der Waals surface area contributed by atoms with Crippen molar-refractivity contribution < 1.29 is 4.79 Å². The van der Waals surface area contributed by atoms with Gasteiger partial charge in [-0.2, -0.15) is 0 Å². The zero-order valence-corrected chi connectivity index (χ0v) is 12.9. The highest BCUT2D eigenvalue weighted by molar-refractivity contribution is 7.71. The van der Waals surface area contributed by atoms with Gasteiger partial charge in [-0.25, -0.2) is 0 Å². The van der Waals surface area contributed by atoms with Gasteiger partial charge in [-0.15, -0.1) is 11.3 Å². The minimum absolute atomic E-state index is 0.0500. The molecule has 0 saturated carbocycles. The summed E-state index contributed by atoms with van der Waals surface area (Å²) < 4.78 is 2.46. The number of carbonyl (C=O) groups is 1. The van der Waals surface area contributed by atoms with E-state index in [4.69, 9.17) is 12.2 Å². The summed E-state index contributed by atoms with van der Waals surface area (Å²) in [6.07, 6.45) is 2.27. The van der Waals surface area contributed by atoms with E-state index in [1.54, 1.807) is 0 Å². The van der Waals surface area contributed by atoms with Crippen LogP contribution in [0.4, 0.5) is 0 Å². The molecule has 5 nitrogen and oxygen atoms in total. The summed E-state index contributed by atoms with van der Waals surface area (Å²) in [6.45, 7) is 3.06. The van der Waals surface area contributed by atoms with Gasteiger partial charge in [0.1, 0.15) is 4.70 Å². The summed E-state index contributed by atoms with van der Waals surface area (Å²) in [5.41, 5.74) is 0.633. The monoisotopic (exact) mass is 311 g/mol. The van der Waals surface area contributed by atoms with Crippen LogP contribution in [0.2, 0.25) is 0 Å². The fraction of sp³-hybridized carbons (Fsp3) is 0.462. The molecule has 0 radical (unpaired) electrons. The Bertz CT molecular complexity index is 714. The van der Waals surface area contributed by atoms with E-state index in [1.165, 1.54) is 15.9 Å². The Morgan fingerprint density at radius 1 is 1.55 bits per heavy atom. The average Bonchev–Trinajstić information content (AvgIpc) is 2.87. The topological polar surface area (TPSA) is 66.9 Å². The van der Waals surface area contributed by atoms with Crippen LogP contribution in [0.25, 0.3) is 10.2 Å². The molecule has 0 atom stereocenters. The van der Waals surface area contributed by atoms with Crippen LogP contribution in [0, 0.1) is 4.77 Å². The first-order valence-electron chi connectivity index (χ1n) is 6.60. The molecule has 0 fully saturated rings. The number of H-pyrrole nitrogens is 1. The number of aromatic nitrogens is 2. The predicted octanol–water partition coefficient (Wildman–Crippen LogP) is 2.43. The molecular formula is C13H17N3O2S2. The Hall–Kier alpha value is -1.47. The number of hydrogen-bond donors (Lipinski definition) is 2. The third-order valence-electron chi connectivity index (χ3n) is 3.01. The number of rotatable bonds is 6. The minimum atomic E-state index is -0.125. The van der Waals surface area contributed by atoms with Crippen molar-refractivity contribution in [2.24, 2.45) is 0 Å². The normalized spacial score (nSPS) is 10.8. The zero-order valence-electron chi connectivity index (χ0n) is 11.3. The SMILES string of the molecule is CCCCNC(=O)CCn1c(=S)[nH]c2ccsc2c1=O. The number of nitrogens with zero attached hydrogens (tertiary/aromatic N) is 1. The van der Waals surface area contributed by atoms with Crippen LogP contribution in [0.5, 0.6) is 0 Å². The molecule has 2 heterocycles. The van der Waals surface area contributed by atoms with Crippen molar-refractivity contribution in [1.82, 2.24) is 14.9 Å². The largest absolute Gasteiger partial charge is 0.356 e. The minimum Gasteiger partial charge on any atom is -0.356 e. The second kappa shape index (κ2) is 6.81. The highest BCUT2D eigenvalue weighted by Crippen LogP contribution is 2.13. The quantitative estimate of drug-likeness (QED) is 0.636. The molecule has 0 saturated heterocycles. The van der Waals surface area contributed by atoms with E-state index in [2.05, 4.69) is 17.2 Å². The number of fused-ring (bicyclic) bond motifs is 1. The van der Waals surface area contributed by atoms with E-state index >= 15 is 0 Å². The number of carbonyl (C=O) groups excluding carboxylic acids is 1. The number of unbranched alkanes of at least 4 members (excludes halogenated alkanes) is 1. The molecule has 108 valence electrons. The Morgan fingerprint density at radius 3 is 3.10 bits per heavy atom. The van der Waals surface area contributed by atoms with Gasteiger partial charge in [0.25, 0.3) is 5.56 Å². The molecule has 20 heavy (non-hydrogen) atoms. The molecule has 0 spiro atoms. The summed E-state index contributed by atoms with van der Waals surface area (Å²) in [7, 11) is 0. The summed E-state index contributed by atoms with van der Waals surface area (Å²) in [5.74, 6) is -0.0500. The van der Waals surface area contributed by atoms with Gasteiger partial charge in [-0.3, -0.25) is 14.2 Å². The lowest BCUT2D eigenvalue weighted by atomic mass is 10.3. The molecule has 0 aromatic carbocycles. The number of aromatic amines is 1. The maximum atomic E-state index is 12.2. The van der Waals surface area contributed by atoms with Gasteiger partial charge >= 0.3 is 0 Å². The second-order valence-corrected chi connectivity index (χ2v) is 5.81. The highest BCUT2D eigenvalue weighted by Gasteiger charge is 2.08. The molecule has 0 unspecified atom stereocenters. The predicted molar refractivity (Wildman–Crippen MR) is 83.8 cm³/mol. The van der Waals surface area contributed by atoms with Crippen molar-refractivity contribution in [3.05, 3.63) is 26.6 Å². The van der Waals surface area contributed by atoms with Crippen molar-refractivity contribution in [2.75, 3.05) is 6.54 Å². The number of nitrogens with one attached hydrogen (secondary N) is 2. The molecule has 1 amide bonds. The number of amides is 1. The van der Waals surface area contributed by atoms with Crippen molar-refractivity contribution >= 4 is 39.7 Å². The average molecular weight is 311 g/mol. The number of thiophene rings is 1. The summed E-state index contributed by atoms with van der Waals surface area (Å²) in [4.78, 5) is 26.9. The van der Waals surface area contributed by atoms with Gasteiger partial charge < -0.3 is 10.3 Å². The van der Waals surface area contributed by atoms with Crippen molar-refractivity contribution in [1.29, 1.82) is 0 Å². The first-order valence-corrected chi connectivity index (χ1v) is 7.89. The van der Waals surface area contributed by atoms with Crippen LogP contribution in [0.3, 0.4) is 0 Å². The first kappa shape index (κ1) is 14.9. The van der Waals surface area contributed by atoms with Crippen LogP contribution >= 0.6 is 23.6 Å². The molecule has 2 aromatic rings. The zero-order chi connectivity index (χ0) is 14.5. The van der Waals surface area contributed by atoms with Gasteiger partial charge in [0.15, 0.2) is 4.77 Å². The Labute approximate surface area is 125 Å². The van der Waals surface area contributed by atoms with Gasteiger partial charge in [-0.05, 0) is 30.1 Å². The summed E-state index contributed by atoms with van der Waals surface area (Å²) >= 11 is 6.55. The molecule has 0 aliphatic heterocycles. The van der Waals surface area contributed by atoms with Crippen LogP contribution in [0.1, 0.15) is 26.2 Å². The van der Waals surface area contributed by atoms with Crippen LogP contribution < -0.4 is 10.9 Å². The number of hydrogen-bond acceptors (Lipinski definition) is 4. The molecule has 7 heteroatoms. The van der Waals surface area contributed by atoms with E-state index < -0.39 is 0 Å². The summed E-state index contributed by atoms with van der Waals surface area (Å²) in [5, 5.41) is 4.68. The van der Waals surface area contributed by atoms with E-state index in [9.17, 15) is 9.59 Å². The molecule has 2 N–H and O–H groups in total. The van der Waals surface area contributed by atoms with Crippen molar-refractivity contribution in [3.63, 3.8) is 0 Å². The third kappa shape index (κ3) is 3.34. The van der Waals surface area contributed by atoms with E-state index in [0.29, 0.717) is 22.6 Å². The highest BCUT2D eigenvalue weighted by atomic mass is 32.1. The van der Waals surface area contributed by atoms with E-state index in [1.807, 2.05) is 11.4 Å². The Kier molecular flexibility index (Phi) is 5.08. The third-order valence-corrected chi connectivity index (χ3v) is 4.23. The fourth-order valence-electron chi connectivity index (χ4n) is 1.88. The molecule has 0 aliphatic carbocycles. The second-order valence-electron chi connectivity index (χ2n) is 4.50. The first-order chi connectivity index (χ1) is 9.63. The van der Waals surface area contributed by atoms with Crippen LogP contribution in [-0.4, -0.2) is 22.0 Å². The van der Waals surface area contributed by atoms with Crippen molar-refractivity contribution in [3.8, 4) is 0 Å². The maximum Gasteiger partial charge on any atom is 0.272 e. The molecule has 0 bridgehead atoms. The lowest BCUT2D eigenvalue weighted by Crippen LogP contribution is -2.28. The molecule has 0 aliphatic rings. The smallest absolute Gasteiger partial charge is 0.272 e.